The van der Waals surface area contributed by atoms with E-state index in [-0.39, 0.29) is 5.82 Å². The van der Waals surface area contributed by atoms with E-state index < -0.39 is 5.54 Å². The van der Waals surface area contributed by atoms with Crippen LogP contribution < -0.4 is 11.1 Å². The highest BCUT2D eigenvalue weighted by Gasteiger charge is 2.34. The summed E-state index contributed by atoms with van der Waals surface area (Å²) >= 11 is 0. The number of imidazole rings is 1. The minimum absolute atomic E-state index is 0.287. The van der Waals surface area contributed by atoms with Gasteiger partial charge >= 0.3 is 0 Å². The molecule has 1 fully saturated rings. The van der Waals surface area contributed by atoms with Gasteiger partial charge in [0.25, 0.3) is 0 Å². The lowest BCUT2D eigenvalue weighted by molar-refractivity contribution is 0.289. The summed E-state index contributed by atoms with van der Waals surface area (Å²) in [5.41, 5.74) is 11.3. The molecule has 4 aromatic rings. The van der Waals surface area contributed by atoms with Crippen LogP contribution in [0, 0.1) is 12.7 Å². The van der Waals surface area contributed by atoms with Gasteiger partial charge in [0.15, 0.2) is 0 Å². The fourth-order valence-electron chi connectivity index (χ4n) is 4.44. The highest BCUT2D eigenvalue weighted by Crippen LogP contribution is 2.37. The molecule has 2 aromatic heterocycles. The Morgan fingerprint density at radius 2 is 1.79 bits per heavy atom. The van der Waals surface area contributed by atoms with Crippen LogP contribution in [0.5, 0.6) is 0 Å². The van der Waals surface area contributed by atoms with Gasteiger partial charge in [-0.05, 0) is 67.8 Å². The van der Waals surface area contributed by atoms with Crippen LogP contribution in [-0.2, 0) is 5.54 Å². The molecule has 0 bridgehead atoms. The Labute approximate surface area is 192 Å². The highest BCUT2D eigenvalue weighted by atomic mass is 19.1. The van der Waals surface area contributed by atoms with Crippen LogP contribution >= 0.6 is 0 Å². The van der Waals surface area contributed by atoms with Gasteiger partial charge in [-0.25, -0.2) is 19.3 Å². The van der Waals surface area contributed by atoms with E-state index in [0.717, 1.165) is 54.0 Å². The summed E-state index contributed by atoms with van der Waals surface area (Å²) in [4.78, 5) is 17.5. The molecule has 33 heavy (non-hydrogen) atoms. The lowest BCUT2D eigenvalue weighted by atomic mass is 9.82. The molecule has 5 rings (SSSR count). The van der Waals surface area contributed by atoms with Crippen molar-refractivity contribution >= 4 is 11.6 Å². The molecule has 0 radical (unpaired) electrons. The van der Waals surface area contributed by atoms with Gasteiger partial charge in [0.1, 0.15) is 11.6 Å². The van der Waals surface area contributed by atoms with Crippen molar-refractivity contribution in [2.45, 2.75) is 44.6 Å². The van der Waals surface area contributed by atoms with Crippen LogP contribution in [0.4, 0.5) is 16.0 Å². The topological polar surface area (TPSA) is 92.5 Å². The first-order valence-electron chi connectivity index (χ1n) is 11.3. The first-order valence-corrected chi connectivity index (χ1v) is 11.3. The third-order valence-electron chi connectivity index (χ3n) is 6.22. The second-order valence-electron chi connectivity index (χ2n) is 8.79. The zero-order valence-electron chi connectivity index (χ0n) is 18.6. The minimum Gasteiger partial charge on any atom is -0.339 e. The number of aromatic nitrogens is 4. The van der Waals surface area contributed by atoms with Crippen molar-refractivity contribution in [2.75, 3.05) is 5.32 Å². The molecular formula is C26H27FN6. The van der Waals surface area contributed by atoms with Crippen LogP contribution in [-0.4, -0.2) is 19.9 Å². The van der Waals surface area contributed by atoms with E-state index >= 15 is 0 Å². The summed E-state index contributed by atoms with van der Waals surface area (Å²) in [7, 11) is 0. The molecule has 168 valence electrons. The second kappa shape index (κ2) is 8.75. The number of H-pyrrole nitrogens is 1. The molecule has 1 saturated carbocycles. The van der Waals surface area contributed by atoms with E-state index in [9.17, 15) is 4.39 Å². The number of nitrogens with one attached hydrogen (secondary N) is 2. The van der Waals surface area contributed by atoms with Crippen molar-refractivity contribution in [3.8, 4) is 22.6 Å². The molecule has 0 atom stereocenters. The van der Waals surface area contributed by atoms with Gasteiger partial charge in [-0.3, -0.25) is 0 Å². The quantitative estimate of drug-likeness (QED) is 0.361. The third kappa shape index (κ3) is 4.50. The minimum atomic E-state index is -0.499. The number of benzene rings is 2. The fourth-order valence-corrected chi connectivity index (χ4v) is 4.44. The molecule has 0 spiro atoms. The molecule has 0 amide bonds. The van der Waals surface area contributed by atoms with Crippen LogP contribution in [0.3, 0.4) is 0 Å². The van der Waals surface area contributed by atoms with E-state index in [1.54, 1.807) is 18.3 Å². The molecule has 0 aliphatic heterocycles. The molecule has 2 aromatic carbocycles. The van der Waals surface area contributed by atoms with Crippen molar-refractivity contribution in [2.24, 2.45) is 5.73 Å². The predicted octanol–water partition coefficient (Wildman–Crippen LogP) is 5.84. The molecular weight excluding hydrogens is 415 g/mol. The first-order chi connectivity index (χ1) is 16.0. The summed E-state index contributed by atoms with van der Waals surface area (Å²) < 4.78 is 13.6. The monoisotopic (exact) mass is 442 g/mol. The number of nitrogens with zero attached hydrogens (tertiary/aromatic N) is 3. The van der Waals surface area contributed by atoms with Gasteiger partial charge in [0, 0.05) is 17.4 Å². The number of aromatic amines is 1. The van der Waals surface area contributed by atoms with E-state index in [1.807, 2.05) is 37.3 Å². The van der Waals surface area contributed by atoms with E-state index in [2.05, 4.69) is 15.3 Å². The van der Waals surface area contributed by atoms with Crippen LogP contribution in [0.15, 0.2) is 60.8 Å². The molecule has 6 nitrogen and oxygen atoms in total. The maximum Gasteiger partial charge on any atom is 0.227 e. The predicted molar refractivity (Wildman–Crippen MR) is 128 cm³/mol. The average Bonchev–Trinajstić information content (AvgIpc) is 3.27. The van der Waals surface area contributed by atoms with Gasteiger partial charge in [0.05, 0.1) is 22.6 Å². The van der Waals surface area contributed by atoms with Crippen molar-refractivity contribution in [3.05, 3.63) is 78.0 Å². The van der Waals surface area contributed by atoms with Crippen LogP contribution in [0.2, 0.25) is 0 Å². The molecule has 4 N–H and O–H groups in total. The smallest absolute Gasteiger partial charge is 0.227 e. The standard InChI is InChI=1S/C26H27FN6/c1-17-6-5-7-20(16-17)30-25-29-15-12-21(31-25)23-22(18-8-10-19(27)11-9-18)32-24(33-23)26(28)13-3-2-4-14-26/h5-12,15-16H,2-4,13-14,28H2,1H3,(H,32,33)(H,29,30,31). The highest BCUT2D eigenvalue weighted by molar-refractivity contribution is 5.77. The molecule has 0 unspecified atom stereocenters. The van der Waals surface area contributed by atoms with Crippen molar-refractivity contribution in [1.29, 1.82) is 0 Å². The number of nitrogens with two attached hydrogens (primary N) is 1. The summed E-state index contributed by atoms with van der Waals surface area (Å²) in [6.07, 6.45) is 6.83. The number of aryl methyl sites for hydroxylation is 1. The second-order valence-corrected chi connectivity index (χ2v) is 8.79. The number of rotatable bonds is 5. The van der Waals surface area contributed by atoms with Gasteiger partial charge < -0.3 is 16.0 Å². The van der Waals surface area contributed by atoms with E-state index in [1.165, 1.54) is 18.6 Å². The fraction of sp³-hybridized carbons (Fsp3) is 0.269. The van der Waals surface area contributed by atoms with E-state index in [0.29, 0.717) is 17.3 Å². The number of halogens is 1. The van der Waals surface area contributed by atoms with Crippen LogP contribution in [0.25, 0.3) is 22.6 Å². The first kappa shape index (κ1) is 21.3. The molecule has 2 heterocycles. The Morgan fingerprint density at radius 1 is 1.00 bits per heavy atom. The maximum atomic E-state index is 13.6. The third-order valence-corrected chi connectivity index (χ3v) is 6.22. The largest absolute Gasteiger partial charge is 0.339 e. The molecule has 0 saturated heterocycles. The summed E-state index contributed by atoms with van der Waals surface area (Å²) in [6, 6.07) is 16.2. The zero-order chi connectivity index (χ0) is 22.8. The SMILES string of the molecule is Cc1cccc(Nc2nccc(-c3[nH]c(C4(N)CCCCC4)nc3-c3ccc(F)cc3)n2)c1. The Bertz CT molecular complexity index is 1260. The Morgan fingerprint density at radius 3 is 2.55 bits per heavy atom. The van der Waals surface area contributed by atoms with Crippen molar-refractivity contribution in [3.63, 3.8) is 0 Å². The lowest BCUT2D eigenvalue weighted by Crippen LogP contribution is -2.39. The number of hydrogen-bond donors (Lipinski definition) is 3. The number of anilines is 2. The normalized spacial score (nSPS) is 15.4. The van der Waals surface area contributed by atoms with Crippen LogP contribution in [0.1, 0.15) is 43.5 Å². The van der Waals surface area contributed by atoms with Gasteiger partial charge in [-0.15, -0.1) is 0 Å². The van der Waals surface area contributed by atoms with Crippen molar-refractivity contribution < 1.29 is 4.39 Å². The van der Waals surface area contributed by atoms with Gasteiger partial charge in [0.2, 0.25) is 5.95 Å². The van der Waals surface area contributed by atoms with E-state index in [4.69, 9.17) is 15.7 Å². The van der Waals surface area contributed by atoms with Crippen molar-refractivity contribution in [1.82, 2.24) is 19.9 Å². The number of hydrogen-bond acceptors (Lipinski definition) is 5. The lowest BCUT2D eigenvalue weighted by Gasteiger charge is -2.31. The summed E-state index contributed by atoms with van der Waals surface area (Å²) in [5, 5.41) is 3.27. The Balaban J connectivity index is 1.57. The maximum absolute atomic E-state index is 13.6. The molecule has 1 aliphatic carbocycles. The zero-order valence-corrected chi connectivity index (χ0v) is 18.6. The Kier molecular flexibility index (Phi) is 5.64. The summed E-state index contributed by atoms with van der Waals surface area (Å²) in [6.45, 7) is 2.04. The van der Waals surface area contributed by atoms with Gasteiger partial charge in [-0.1, -0.05) is 31.4 Å². The molecule has 1 aliphatic rings. The molecule has 7 heteroatoms. The van der Waals surface area contributed by atoms with Gasteiger partial charge in [-0.2, -0.15) is 0 Å². The average molecular weight is 443 g/mol. The Hall–Kier alpha value is -3.58. The summed E-state index contributed by atoms with van der Waals surface area (Å²) in [5.74, 6) is 0.952.